The topological polar surface area (TPSA) is 42.7 Å². The minimum Gasteiger partial charge on any atom is -0.311 e. The van der Waals surface area contributed by atoms with Crippen LogP contribution in [0, 0.1) is 4.77 Å². The van der Waals surface area contributed by atoms with Crippen LogP contribution in [0.3, 0.4) is 0 Å². The van der Waals surface area contributed by atoms with E-state index in [-0.39, 0.29) is 6.04 Å². The molecule has 21 heavy (non-hydrogen) atoms. The zero-order valence-electron chi connectivity index (χ0n) is 12.4. The van der Waals surface area contributed by atoms with E-state index in [0.717, 1.165) is 12.8 Å². The second-order valence-electron chi connectivity index (χ2n) is 4.70. The van der Waals surface area contributed by atoms with E-state index in [4.69, 9.17) is 12.2 Å². The van der Waals surface area contributed by atoms with E-state index in [1.807, 2.05) is 6.08 Å². The van der Waals surface area contributed by atoms with Gasteiger partial charge in [0.1, 0.15) is 12.7 Å². The van der Waals surface area contributed by atoms with Crippen LogP contribution in [0.25, 0.3) is 0 Å². The molecule has 0 aliphatic carbocycles. The van der Waals surface area contributed by atoms with Crippen LogP contribution in [0.15, 0.2) is 43.5 Å². The summed E-state index contributed by atoms with van der Waals surface area (Å²) in [6, 6.07) is 6.40. The first-order chi connectivity index (χ1) is 10.2. The average molecular weight is 300 g/mol. The molecule has 1 unspecified atom stereocenters. The van der Waals surface area contributed by atoms with Crippen LogP contribution in [0.2, 0.25) is 0 Å². The lowest BCUT2D eigenvalue weighted by Crippen LogP contribution is -2.23. The molecule has 110 valence electrons. The highest BCUT2D eigenvalue weighted by atomic mass is 32.1. The van der Waals surface area contributed by atoms with Crippen molar-refractivity contribution in [1.29, 1.82) is 0 Å². The van der Waals surface area contributed by atoms with Gasteiger partial charge in [-0.3, -0.25) is 0 Å². The number of aromatic nitrogens is 3. The molecule has 2 aromatic rings. The van der Waals surface area contributed by atoms with E-state index in [1.54, 1.807) is 11.0 Å². The lowest BCUT2D eigenvalue weighted by atomic mass is 9.92. The van der Waals surface area contributed by atoms with Crippen molar-refractivity contribution in [3.05, 3.63) is 65.0 Å². The maximum atomic E-state index is 5.21. The molecular weight excluding hydrogens is 280 g/mol. The molecule has 0 fully saturated rings. The molecule has 0 bridgehead atoms. The summed E-state index contributed by atoms with van der Waals surface area (Å²) < 4.78 is 2.11. The van der Waals surface area contributed by atoms with Gasteiger partial charge in [-0.05, 0) is 41.7 Å². The molecule has 1 aromatic carbocycles. The Bertz CT molecular complexity index is 656. The second kappa shape index (κ2) is 7.13. The quantitative estimate of drug-likeness (QED) is 0.654. The molecule has 0 amide bonds. The van der Waals surface area contributed by atoms with Crippen LogP contribution in [-0.2, 0) is 12.8 Å². The minimum atomic E-state index is -0.0335. The molecule has 0 aliphatic rings. The van der Waals surface area contributed by atoms with E-state index < -0.39 is 0 Å². The molecule has 5 heteroatoms. The van der Waals surface area contributed by atoms with E-state index in [9.17, 15) is 0 Å². The number of benzene rings is 1. The van der Waals surface area contributed by atoms with Crippen LogP contribution in [0.4, 0.5) is 0 Å². The van der Waals surface area contributed by atoms with Crippen molar-refractivity contribution in [3.8, 4) is 0 Å². The number of rotatable bonds is 6. The first-order valence-corrected chi connectivity index (χ1v) is 7.50. The fourth-order valence-corrected chi connectivity index (χ4v) is 2.59. The molecule has 2 rings (SSSR count). The van der Waals surface area contributed by atoms with Crippen molar-refractivity contribution in [2.75, 3.05) is 5.43 Å². The van der Waals surface area contributed by atoms with Gasteiger partial charge in [-0.25, -0.2) is 14.6 Å². The third kappa shape index (κ3) is 3.36. The van der Waals surface area contributed by atoms with Gasteiger partial charge in [-0.2, -0.15) is 0 Å². The van der Waals surface area contributed by atoms with Crippen LogP contribution in [0.1, 0.15) is 36.6 Å². The molecule has 0 saturated heterocycles. The van der Waals surface area contributed by atoms with Crippen molar-refractivity contribution in [2.24, 2.45) is 0 Å². The monoisotopic (exact) mass is 300 g/mol. The average Bonchev–Trinajstić information content (AvgIpc) is 2.53. The summed E-state index contributed by atoms with van der Waals surface area (Å²) in [4.78, 5) is 8.02. The molecule has 1 N–H and O–H groups in total. The number of nitrogens with zero attached hydrogens (tertiary/aromatic N) is 3. The molecule has 0 saturated carbocycles. The Morgan fingerprint density at radius 3 is 2.52 bits per heavy atom. The standard InChI is InChI=1S/C16H20N4S/c1-4-12-8-7-9-13(5-2)15(12)14(6-3)19-20-11-17-10-18-16(20)21/h6-11,14,19H,3-5H2,1-2H3. The maximum Gasteiger partial charge on any atom is 0.221 e. The zero-order valence-corrected chi connectivity index (χ0v) is 13.2. The van der Waals surface area contributed by atoms with E-state index in [2.05, 4.69) is 54.0 Å². The number of aryl methyl sites for hydroxylation is 2. The maximum absolute atomic E-state index is 5.21. The van der Waals surface area contributed by atoms with Crippen LogP contribution in [-0.4, -0.2) is 14.6 Å². The third-order valence-corrected chi connectivity index (χ3v) is 3.80. The summed E-state index contributed by atoms with van der Waals surface area (Å²) in [5.74, 6) is 0. The highest BCUT2D eigenvalue weighted by Crippen LogP contribution is 2.25. The molecule has 1 aromatic heterocycles. The Kier molecular flexibility index (Phi) is 5.22. The summed E-state index contributed by atoms with van der Waals surface area (Å²) in [5, 5.41) is 0. The zero-order chi connectivity index (χ0) is 15.2. The normalized spacial score (nSPS) is 11.9. The van der Waals surface area contributed by atoms with Crippen molar-refractivity contribution in [2.45, 2.75) is 32.7 Å². The second-order valence-corrected chi connectivity index (χ2v) is 5.07. The van der Waals surface area contributed by atoms with Crippen molar-refractivity contribution in [1.82, 2.24) is 14.6 Å². The third-order valence-electron chi connectivity index (χ3n) is 3.50. The summed E-state index contributed by atoms with van der Waals surface area (Å²) in [7, 11) is 0. The Morgan fingerprint density at radius 1 is 1.33 bits per heavy atom. The lowest BCUT2D eigenvalue weighted by molar-refractivity contribution is 0.711. The van der Waals surface area contributed by atoms with Gasteiger partial charge in [-0.1, -0.05) is 38.1 Å². The number of nitrogens with one attached hydrogen (secondary N) is 1. The predicted molar refractivity (Wildman–Crippen MR) is 88.4 cm³/mol. The van der Waals surface area contributed by atoms with Crippen molar-refractivity contribution in [3.63, 3.8) is 0 Å². The molecule has 4 nitrogen and oxygen atoms in total. The van der Waals surface area contributed by atoms with E-state index in [1.165, 1.54) is 23.0 Å². The molecule has 1 atom stereocenters. The summed E-state index contributed by atoms with van der Waals surface area (Å²) >= 11 is 5.21. The summed E-state index contributed by atoms with van der Waals surface area (Å²) in [6.07, 6.45) is 6.92. The van der Waals surface area contributed by atoms with Gasteiger partial charge in [0.05, 0.1) is 6.04 Å². The van der Waals surface area contributed by atoms with Crippen LogP contribution < -0.4 is 5.43 Å². The van der Waals surface area contributed by atoms with Gasteiger partial charge in [0.25, 0.3) is 0 Å². The molecule has 1 heterocycles. The highest BCUT2D eigenvalue weighted by molar-refractivity contribution is 7.71. The fraction of sp³-hybridized carbons (Fsp3) is 0.312. The lowest BCUT2D eigenvalue weighted by Gasteiger charge is -2.23. The molecule has 0 aliphatic heterocycles. The van der Waals surface area contributed by atoms with Gasteiger partial charge in [0.15, 0.2) is 0 Å². The van der Waals surface area contributed by atoms with Crippen LogP contribution in [0.5, 0.6) is 0 Å². The number of hydrogen-bond acceptors (Lipinski definition) is 4. The molecular formula is C16H20N4S. The Balaban J connectivity index is 2.45. The fourth-order valence-electron chi connectivity index (χ4n) is 2.45. The van der Waals surface area contributed by atoms with Gasteiger partial charge in [0, 0.05) is 0 Å². The molecule has 0 radical (unpaired) electrons. The predicted octanol–water partition coefficient (Wildman–Crippen LogP) is 3.60. The smallest absolute Gasteiger partial charge is 0.221 e. The Morgan fingerprint density at radius 2 is 2.00 bits per heavy atom. The van der Waals surface area contributed by atoms with Crippen LogP contribution >= 0.6 is 12.2 Å². The van der Waals surface area contributed by atoms with E-state index >= 15 is 0 Å². The molecule has 0 spiro atoms. The van der Waals surface area contributed by atoms with E-state index in [0.29, 0.717) is 4.77 Å². The summed E-state index contributed by atoms with van der Waals surface area (Å²) in [5.41, 5.74) is 7.23. The summed E-state index contributed by atoms with van der Waals surface area (Å²) in [6.45, 7) is 8.29. The SMILES string of the molecule is C=CC(Nn1cncnc1=S)c1c(CC)cccc1CC. The van der Waals surface area contributed by atoms with Gasteiger partial charge in [-0.15, -0.1) is 6.58 Å². The highest BCUT2D eigenvalue weighted by Gasteiger charge is 2.15. The Labute approximate surface area is 130 Å². The Hall–Kier alpha value is -2.01. The first-order valence-electron chi connectivity index (χ1n) is 7.09. The van der Waals surface area contributed by atoms with Gasteiger partial charge in [0.2, 0.25) is 4.77 Å². The van der Waals surface area contributed by atoms with Crippen molar-refractivity contribution < 1.29 is 0 Å². The van der Waals surface area contributed by atoms with Gasteiger partial charge < -0.3 is 5.43 Å². The van der Waals surface area contributed by atoms with Gasteiger partial charge >= 0.3 is 0 Å². The van der Waals surface area contributed by atoms with Crippen molar-refractivity contribution >= 4 is 12.2 Å². The largest absolute Gasteiger partial charge is 0.311 e. The number of hydrogen-bond donors (Lipinski definition) is 1. The first kappa shape index (κ1) is 15.4. The minimum absolute atomic E-state index is 0.0335.